The lowest BCUT2D eigenvalue weighted by Gasteiger charge is -2.36. The fourth-order valence-corrected chi connectivity index (χ4v) is 3.36. The van der Waals surface area contributed by atoms with Crippen LogP contribution in [0.25, 0.3) is 0 Å². The Labute approximate surface area is 164 Å². The van der Waals surface area contributed by atoms with Crippen molar-refractivity contribution in [3.05, 3.63) is 78.6 Å². The zero-order chi connectivity index (χ0) is 19.2. The normalized spacial score (nSPS) is 14.0. The summed E-state index contributed by atoms with van der Waals surface area (Å²) >= 11 is 0. The predicted molar refractivity (Wildman–Crippen MR) is 112 cm³/mol. The molecule has 1 N–H and O–H groups in total. The van der Waals surface area contributed by atoms with Crippen molar-refractivity contribution in [3.8, 4) is 0 Å². The third-order valence-corrected chi connectivity index (χ3v) is 4.84. The molecular formula is C22H23N5O. The smallest absolute Gasteiger partial charge is 0.228 e. The van der Waals surface area contributed by atoms with Crippen molar-refractivity contribution in [3.63, 3.8) is 0 Å². The number of rotatable bonds is 5. The largest absolute Gasteiger partial charge is 0.368 e. The highest BCUT2D eigenvalue weighted by atomic mass is 16.1. The second-order valence-electron chi connectivity index (χ2n) is 6.78. The van der Waals surface area contributed by atoms with Gasteiger partial charge in [-0.05, 0) is 35.9 Å². The SMILES string of the molecule is O=C(Cc1ccccc1)Nc1ccc(N2CCN(c3ncccn3)CC2)cc1. The molecule has 2 heterocycles. The van der Waals surface area contributed by atoms with Gasteiger partial charge in [-0.15, -0.1) is 0 Å². The molecule has 6 heteroatoms. The number of carbonyl (C=O) groups excluding carboxylic acids is 1. The molecule has 0 atom stereocenters. The highest BCUT2D eigenvalue weighted by molar-refractivity contribution is 5.92. The molecule has 4 rings (SSSR count). The number of benzene rings is 2. The number of nitrogens with zero attached hydrogens (tertiary/aromatic N) is 4. The minimum Gasteiger partial charge on any atom is -0.368 e. The van der Waals surface area contributed by atoms with Crippen LogP contribution in [-0.2, 0) is 11.2 Å². The van der Waals surface area contributed by atoms with Crippen molar-refractivity contribution in [1.29, 1.82) is 0 Å². The van der Waals surface area contributed by atoms with Crippen LogP contribution < -0.4 is 15.1 Å². The third-order valence-electron chi connectivity index (χ3n) is 4.84. The van der Waals surface area contributed by atoms with Gasteiger partial charge in [0.15, 0.2) is 0 Å². The van der Waals surface area contributed by atoms with E-state index < -0.39 is 0 Å². The molecule has 0 radical (unpaired) electrons. The van der Waals surface area contributed by atoms with E-state index in [4.69, 9.17) is 0 Å². The number of piperazine rings is 1. The minimum absolute atomic E-state index is 0.00424. The zero-order valence-corrected chi connectivity index (χ0v) is 15.7. The van der Waals surface area contributed by atoms with E-state index in [1.165, 1.54) is 0 Å². The maximum Gasteiger partial charge on any atom is 0.228 e. The molecule has 0 spiro atoms. The van der Waals surface area contributed by atoms with Gasteiger partial charge in [-0.1, -0.05) is 30.3 Å². The number of aromatic nitrogens is 2. The molecule has 1 amide bonds. The van der Waals surface area contributed by atoms with Gasteiger partial charge in [0.1, 0.15) is 0 Å². The number of amides is 1. The van der Waals surface area contributed by atoms with Gasteiger partial charge in [0, 0.05) is 49.9 Å². The molecule has 28 heavy (non-hydrogen) atoms. The molecule has 0 saturated carbocycles. The summed E-state index contributed by atoms with van der Waals surface area (Å²) in [6.45, 7) is 3.61. The average Bonchev–Trinajstić information content (AvgIpc) is 2.76. The summed E-state index contributed by atoms with van der Waals surface area (Å²) in [5.74, 6) is 0.786. The molecule has 142 valence electrons. The summed E-state index contributed by atoms with van der Waals surface area (Å²) in [6, 6.07) is 19.6. The van der Waals surface area contributed by atoms with Crippen LogP contribution in [0.15, 0.2) is 73.1 Å². The van der Waals surface area contributed by atoms with Gasteiger partial charge >= 0.3 is 0 Å². The van der Waals surface area contributed by atoms with Crippen LogP contribution in [0.1, 0.15) is 5.56 Å². The van der Waals surface area contributed by atoms with E-state index in [0.29, 0.717) is 6.42 Å². The van der Waals surface area contributed by atoms with Crippen LogP contribution in [0.2, 0.25) is 0 Å². The molecule has 1 aliphatic heterocycles. The molecule has 1 saturated heterocycles. The molecule has 1 aromatic heterocycles. The number of nitrogens with one attached hydrogen (secondary N) is 1. The maximum atomic E-state index is 12.2. The van der Waals surface area contributed by atoms with Crippen LogP contribution in [0.4, 0.5) is 17.3 Å². The summed E-state index contributed by atoms with van der Waals surface area (Å²) in [7, 11) is 0. The van der Waals surface area contributed by atoms with Crippen molar-refractivity contribution in [1.82, 2.24) is 9.97 Å². The lowest BCUT2D eigenvalue weighted by Crippen LogP contribution is -2.47. The first-order valence-corrected chi connectivity index (χ1v) is 9.49. The van der Waals surface area contributed by atoms with Gasteiger partial charge in [0.2, 0.25) is 11.9 Å². The predicted octanol–water partition coefficient (Wildman–Crippen LogP) is 2.98. The van der Waals surface area contributed by atoms with E-state index in [1.54, 1.807) is 12.4 Å². The Morgan fingerprint density at radius 1 is 0.821 bits per heavy atom. The number of anilines is 3. The molecule has 0 aliphatic carbocycles. The van der Waals surface area contributed by atoms with Crippen molar-refractivity contribution in [2.24, 2.45) is 0 Å². The molecule has 1 fully saturated rings. The Morgan fingerprint density at radius 3 is 2.14 bits per heavy atom. The topological polar surface area (TPSA) is 61.4 Å². The lowest BCUT2D eigenvalue weighted by molar-refractivity contribution is -0.115. The Hall–Kier alpha value is -3.41. The van der Waals surface area contributed by atoms with E-state index in [0.717, 1.165) is 49.1 Å². The standard InChI is InChI=1S/C22H23N5O/c28-21(17-18-5-2-1-3-6-18)25-19-7-9-20(10-8-19)26-13-15-27(16-14-26)22-23-11-4-12-24-22/h1-12H,13-17H2,(H,25,28). The second-order valence-corrected chi connectivity index (χ2v) is 6.78. The van der Waals surface area contributed by atoms with Crippen LogP contribution in [-0.4, -0.2) is 42.1 Å². The fraction of sp³-hybridized carbons (Fsp3) is 0.227. The molecule has 2 aromatic carbocycles. The fourth-order valence-electron chi connectivity index (χ4n) is 3.36. The zero-order valence-electron chi connectivity index (χ0n) is 15.7. The number of hydrogen-bond donors (Lipinski definition) is 1. The maximum absolute atomic E-state index is 12.2. The van der Waals surface area contributed by atoms with E-state index in [-0.39, 0.29) is 5.91 Å². The highest BCUT2D eigenvalue weighted by Crippen LogP contribution is 2.21. The monoisotopic (exact) mass is 373 g/mol. The van der Waals surface area contributed by atoms with Gasteiger partial charge in [-0.3, -0.25) is 4.79 Å². The first-order valence-electron chi connectivity index (χ1n) is 9.49. The summed E-state index contributed by atoms with van der Waals surface area (Å²) in [5.41, 5.74) is 2.99. The number of carbonyl (C=O) groups is 1. The Bertz CT molecular complexity index is 891. The van der Waals surface area contributed by atoms with Crippen molar-refractivity contribution in [2.75, 3.05) is 41.3 Å². The van der Waals surface area contributed by atoms with Gasteiger partial charge in [0.25, 0.3) is 0 Å². The lowest BCUT2D eigenvalue weighted by atomic mass is 10.1. The summed E-state index contributed by atoms with van der Waals surface area (Å²) in [5, 5.41) is 2.97. The van der Waals surface area contributed by atoms with E-state index in [2.05, 4.69) is 37.2 Å². The summed E-state index contributed by atoms with van der Waals surface area (Å²) in [6.07, 6.45) is 3.94. The van der Waals surface area contributed by atoms with Crippen LogP contribution in [0.3, 0.4) is 0 Å². The third kappa shape index (κ3) is 4.46. The van der Waals surface area contributed by atoms with Crippen LogP contribution in [0, 0.1) is 0 Å². The van der Waals surface area contributed by atoms with Gasteiger partial charge < -0.3 is 15.1 Å². The first-order chi connectivity index (χ1) is 13.8. The number of hydrogen-bond acceptors (Lipinski definition) is 5. The molecule has 6 nitrogen and oxygen atoms in total. The quantitative estimate of drug-likeness (QED) is 0.745. The van der Waals surface area contributed by atoms with E-state index >= 15 is 0 Å². The van der Waals surface area contributed by atoms with Crippen LogP contribution in [0.5, 0.6) is 0 Å². The Morgan fingerprint density at radius 2 is 1.46 bits per heavy atom. The summed E-state index contributed by atoms with van der Waals surface area (Å²) < 4.78 is 0. The molecule has 0 bridgehead atoms. The van der Waals surface area contributed by atoms with Gasteiger partial charge in [-0.25, -0.2) is 9.97 Å². The van der Waals surface area contributed by atoms with Crippen molar-refractivity contribution in [2.45, 2.75) is 6.42 Å². The van der Waals surface area contributed by atoms with Gasteiger partial charge in [-0.2, -0.15) is 0 Å². The van der Waals surface area contributed by atoms with Crippen molar-refractivity contribution < 1.29 is 4.79 Å². The molecular weight excluding hydrogens is 350 g/mol. The van der Waals surface area contributed by atoms with E-state index in [1.807, 2.05) is 48.5 Å². The molecule has 3 aromatic rings. The Kier molecular flexibility index (Phi) is 5.47. The van der Waals surface area contributed by atoms with E-state index in [9.17, 15) is 4.79 Å². The van der Waals surface area contributed by atoms with Gasteiger partial charge in [0.05, 0.1) is 6.42 Å². The highest BCUT2D eigenvalue weighted by Gasteiger charge is 2.19. The van der Waals surface area contributed by atoms with Crippen molar-refractivity contribution >= 4 is 23.2 Å². The second kappa shape index (κ2) is 8.52. The molecule has 1 aliphatic rings. The summed E-state index contributed by atoms with van der Waals surface area (Å²) in [4.78, 5) is 25.4. The Balaban J connectivity index is 1.31. The molecule has 0 unspecified atom stereocenters. The first kappa shape index (κ1) is 18.0. The van der Waals surface area contributed by atoms with Crippen LogP contribution >= 0.6 is 0 Å². The average molecular weight is 373 g/mol. The minimum atomic E-state index is -0.00424.